The first-order valence-corrected chi connectivity index (χ1v) is 20.3. The summed E-state index contributed by atoms with van der Waals surface area (Å²) in [4.78, 5) is 46.8. The molecular formula is C44H66N4O9. The lowest BCUT2D eigenvalue weighted by Crippen LogP contribution is -2.60. The summed E-state index contributed by atoms with van der Waals surface area (Å²) >= 11 is 0. The Hall–Kier alpha value is -3.59. The summed E-state index contributed by atoms with van der Waals surface area (Å²) in [6, 6.07) is 11.1. The van der Waals surface area contributed by atoms with Crippen molar-refractivity contribution in [3.05, 3.63) is 53.6 Å². The Morgan fingerprint density at radius 2 is 1.67 bits per heavy atom. The number of hydrogen-bond acceptors (Lipinski definition) is 12. The number of aliphatic hydroxyl groups is 1. The van der Waals surface area contributed by atoms with Crippen molar-refractivity contribution in [1.29, 1.82) is 0 Å². The van der Waals surface area contributed by atoms with E-state index in [9.17, 15) is 19.5 Å². The molecule has 0 saturated carbocycles. The number of cyclic esters (lactones) is 1. The average molecular weight is 795 g/mol. The van der Waals surface area contributed by atoms with Crippen molar-refractivity contribution in [2.24, 2.45) is 17.8 Å². The number of likely N-dealkylation sites (N-methyl/N-ethyl adjacent to an activating group) is 1. The van der Waals surface area contributed by atoms with Crippen LogP contribution in [0.4, 0.5) is 10.5 Å². The number of aliphatic hydroxyl groups excluding tert-OH is 1. The molecule has 2 aromatic rings. The van der Waals surface area contributed by atoms with E-state index < -0.39 is 71.7 Å². The van der Waals surface area contributed by atoms with Crippen LogP contribution in [-0.2, 0) is 39.8 Å². The summed E-state index contributed by atoms with van der Waals surface area (Å²) in [6.45, 7) is 15.0. The monoisotopic (exact) mass is 794 g/mol. The molecule has 3 aliphatic rings. The van der Waals surface area contributed by atoms with Crippen LogP contribution in [0.1, 0.15) is 80.2 Å². The molecule has 2 fully saturated rings. The molecule has 2 aromatic carbocycles. The molecule has 0 aliphatic carbocycles. The number of Topliss-reactive ketones (excluding diaryl/α,β-unsaturated/α-hetero) is 1. The van der Waals surface area contributed by atoms with Gasteiger partial charge < -0.3 is 38.6 Å². The molecule has 12 atom stereocenters. The van der Waals surface area contributed by atoms with E-state index in [0.29, 0.717) is 18.4 Å². The Morgan fingerprint density at radius 1 is 1.00 bits per heavy atom. The molecular weight excluding hydrogens is 729 g/mol. The van der Waals surface area contributed by atoms with Crippen molar-refractivity contribution in [3.63, 3.8) is 0 Å². The molecule has 13 nitrogen and oxygen atoms in total. The van der Waals surface area contributed by atoms with E-state index in [1.807, 2.05) is 85.9 Å². The third-order valence-electron chi connectivity index (χ3n) is 12.6. The lowest BCUT2D eigenvalue weighted by Gasteiger charge is -2.46. The van der Waals surface area contributed by atoms with Crippen molar-refractivity contribution in [2.75, 3.05) is 40.2 Å². The number of ether oxygens (including phenoxy) is 5. The molecule has 0 unspecified atom stereocenters. The standard InChI is InChI=1S/C44H66N4O9/c1-14-35-44(8)38(48(42(52)57-44)45-24-30-19-20-33(46(9)10)32-18-16-15-17-31(30)32)29(6)36(49)27(4)23-43(7,53-13)39(25(2)21-26(3)40(51)55-35)56-41-37(50)34(47(11)12)22-28(5)54-41/h15-21,25,27-29,34-35,37-39,41,45,50H,14,22-24H2,1-13H3/b26-21+/t25-,27+,28+,29-,34-,35+,37+,38+,39+,41-,43-,44+/m0/s1. The lowest BCUT2D eigenvalue weighted by molar-refractivity contribution is -0.294. The van der Waals surface area contributed by atoms with Gasteiger partial charge in [-0.2, -0.15) is 0 Å². The fourth-order valence-electron chi connectivity index (χ4n) is 9.50. The first kappa shape index (κ1) is 44.5. The molecule has 57 heavy (non-hydrogen) atoms. The van der Waals surface area contributed by atoms with Crippen molar-refractivity contribution in [2.45, 2.75) is 135 Å². The van der Waals surface area contributed by atoms with Gasteiger partial charge >= 0.3 is 12.1 Å². The fraction of sp³-hybridized carbons (Fsp3) is 0.659. The summed E-state index contributed by atoms with van der Waals surface area (Å²) in [5.74, 6) is -2.50. The lowest BCUT2D eigenvalue weighted by atomic mass is 9.74. The Kier molecular flexibility index (Phi) is 13.8. The van der Waals surface area contributed by atoms with Crippen molar-refractivity contribution in [3.8, 4) is 0 Å². The third kappa shape index (κ3) is 8.89. The minimum absolute atomic E-state index is 0.119. The molecule has 0 spiro atoms. The molecule has 13 heteroatoms. The van der Waals surface area contributed by atoms with E-state index in [1.165, 1.54) is 5.01 Å². The highest BCUT2D eigenvalue weighted by Gasteiger charge is 2.60. The molecule has 1 amide bonds. The SMILES string of the molecule is CC[C@H]1OC(=O)/C(C)=C/[C@H](C)[C@@H](O[C@@H]2O[C@H](C)C[C@H](N(C)C)[C@H]2O)[C@@](C)(OC)C[C@@H](C)C(=O)[C@H](C)[C@H]2N(NCc3ccc(N(C)C)c4ccccc34)C(=O)O[C@]12C. The van der Waals surface area contributed by atoms with E-state index in [2.05, 4.69) is 28.5 Å². The zero-order valence-corrected chi connectivity index (χ0v) is 36.2. The zero-order chi connectivity index (χ0) is 42.1. The number of fused-ring (bicyclic) bond motifs is 2. The quantitative estimate of drug-likeness (QED) is 0.294. The highest BCUT2D eigenvalue weighted by Crippen LogP contribution is 2.42. The summed E-state index contributed by atoms with van der Waals surface area (Å²) in [5.41, 5.74) is 3.22. The van der Waals surface area contributed by atoms with Gasteiger partial charge in [0, 0.05) is 68.2 Å². The van der Waals surface area contributed by atoms with Crippen LogP contribution in [0.2, 0.25) is 0 Å². The van der Waals surface area contributed by atoms with Crippen molar-refractivity contribution in [1.82, 2.24) is 15.3 Å². The molecule has 0 radical (unpaired) electrons. The van der Waals surface area contributed by atoms with Crippen LogP contribution < -0.4 is 10.3 Å². The number of benzene rings is 2. The number of esters is 1. The van der Waals surface area contributed by atoms with E-state index in [4.69, 9.17) is 23.7 Å². The van der Waals surface area contributed by atoms with Gasteiger partial charge in [-0.25, -0.2) is 20.0 Å². The first-order chi connectivity index (χ1) is 26.8. The smallest absolute Gasteiger partial charge is 0.425 e. The van der Waals surface area contributed by atoms with E-state index >= 15 is 0 Å². The number of carbonyl (C=O) groups excluding carboxylic acids is 3. The van der Waals surface area contributed by atoms with Gasteiger partial charge in [-0.15, -0.1) is 0 Å². The number of hydrazine groups is 1. The number of anilines is 1. The normalized spacial score (nSPS) is 36.6. The number of nitrogens with one attached hydrogen (secondary N) is 1. The molecule has 3 aliphatic heterocycles. The number of carbonyl (C=O) groups is 3. The molecule has 5 rings (SSSR count). The van der Waals surface area contributed by atoms with Gasteiger partial charge in [0.05, 0.1) is 17.8 Å². The van der Waals surface area contributed by atoms with Gasteiger partial charge in [0.25, 0.3) is 0 Å². The molecule has 3 heterocycles. The van der Waals surface area contributed by atoms with Crippen LogP contribution in [0.3, 0.4) is 0 Å². The van der Waals surface area contributed by atoms with Crippen LogP contribution in [-0.4, -0.2) is 122 Å². The topological polar surface area (TPSA) is 139 Å². The maximum absolute atomic E-state index is 14.8. The third-order valence-corrected chi connectivity index (χ3v) is 12.6. The van der Waals surface area contributed by atoms with Gasteiger partial charge in [-0.1, -0.05) is 64.1 Å². The minimum Gasteiger partial charge on any atom is -0.455 e. The van der Waals surface area contributed by atoms with Gasteiger partial charge in [0.15, 0.2) is 11.9 Å². The van der Waals surface area contributed by atoms with E-state index in [0.717, 1.165) is 22.0 Å². The number of nitrogens with zero attached hydrogens (tertiary/aromatic N) is 3. The Labute approximate surface area is 338 Å². The van der Waals surface area contributed by atoms with Gasteiger partial charge in [-0.05, 0) is 78.1 Å². The zero-order valence-electron chi connectivity index (χ0n) is 36.2. The number of amides is 1. The number of methoxy groups -OCH3 is 1. The number of hydrogen-bond donors (Lipinski definition) is 2. The van der Waals surface area contributed by atoms with Crippen LogP contribution in [0.5, 0.6) is 0 Å². The highest BCUT2D eigenvalue weighted by atomic mass is 16.7. The second-order valence-electron chi connectivity index (χ2n) is 17.3. The molecule has 0 aromatic heterocycles. The molecule has 0 bridgehead atoms. The molecule has 316 valence electrons. The predicted molar refractivity (Wildman–Crippen MR) is 219 cm³/mol. The van der Waals surface area contributed by atoms with E-state index in [1.54, 1.807) is 34.0 Å². The van der Waals surface area contributed by atoms with Crippen LogP contribution in [0, 0.1) is 17.8 Å². The van der Waals surface area contributed by atoms with Crippen LogP contribution in [0.15, 0.2) is 48.0 Å². The second-order valence-corrected chi connectivity index (χ2v) is 17.3. The Morgan fingerprint density at radius 3 is 2.28 bits per heavy atom. The minimum atomic E-state index is -1.39. The van der Waals surface area contributed by atoms with Crippen LogP contribution >= 0.6 is 0 Å². The summed E-state index contributed by atoms with van der Waals surface area (Å²) in [7, 11) is 9.41. The second kappa shape index (κ2) is 17.7. The highest BCUT2D eigenvalue weighted by molar-refractivity contribution is 5.96. The fourth-order valence-corrected chi connectivity index (χ4v) is 9.50. The summed E-state index contributed by atoms with van der Waals surface area (Å²) < 4.78 is 31.6. The van der Waals surface area contributed by atoms with Crippen molar-refractivity contribution >= 4 is 34.3 Å². The first-order valence-electron chi connectivity index (χ1n) is 20.3. The van der Waals surface area contributed by atoms with Crippen molar-refractivity contribution < 1.29 is 43.2 Å². The molecule has 2 N–H and O–H groups in total. The predicted octanol–water partition coefficient (Wildman–Crippen LogP) is 5.86. The summed E-state index contributed by atoms with van der Waals surface area (Å²) in [6.07, 6.45) is -1.48. The molecule has 2 saturated heterocycles. The summed E-state index contributed by atoms with van der Waals surface area (Å²) in [5, 5.41) is 15.0. The van der Waals surface area contributed by atoms with Crippen LogP contribution in [0.25, 0.3) is 10.8 Å². The van der Waals surface area contributed by atoms with Gasteiger partial charge in [-0.3, -0.25) is 4.79 Å². The maximum atomic E-state index is 14.8. The largest absolute Gasteiger partial charge is 0.455 e. The van der Waals surface area contributed by atoms with Gasteiger partial charge in [0.2, 0.25) is 0 Å². The average Bonchev–Trinajstić information content (AvgIpc) is 3.43. The Bertz CT molecular complexity index is 1800. The maximum Gasteiger partial charge on any atom is 0.425 e. The number of ketones is 1. The van der Waals surface area contributed by atoms with Gasteiger partial charge in [0.1, 0.15) is 24.0 Å². The Balaban J connectivity index is 1.54. The number of rotatable bonds is 9. The van der Waals surface area contributed by atoms with E-state index in [-0.39, 0.29) is 30.9 Å².